The number of aryl methyl sites for hydroxylation is 2. The first-order valence-corrected chi connectivity index (χ1v) is 32.0. The van der Waals surface area contributed by atoms with Crippen LogP contribution in [0.4, 0.5) is 8.78 Å². The Morgan fingerprint density at radius 2 is 0.674 bits per heavy atom. The second kappa shape index (κ2) is 22.4. The number of aromatic nitrogens is 2. The Balaban J connectivity index is 1.09. The molecule has 468 valence electrons. The SMILES string of the molecule is CCC(C)(C)c1cc(-c2cc(F)cc(C)c2OCCOc2c(C)cc(F)cc2-c2cc(C(C)(C)CC(C)(C)C)cc(-n3c4ccc(C(C)(C)C)cc4c4cc(C(C)(C)C)ccc43)c2O)c(O)c(-n2c3ccc(C(C)(C)C)cc3c3cc(C(C)(C)C)ccc32)c1. The van der Waals surface area contributed by atoms with Crippen LogP contribution in [-0.2, 0) is 32.5 Å². The third kappa shape index (κ3) is 12.3. The number of benzene rings is 8. The monoisotopic (exact) mass is 1200 g/mol. The minimum absolute atomic E-state index is 0.00513. The van der Waals surface area contributed by atoms with E-state index in [1.54, 1.807) is 0 Å². The molecule has 2 N–H and O–H groups in total. The normalized spacial score (nSPS) is 13.2. The molecule has 0 saturated carbocycles. The second-order valence-corrected chi connectivity index (χ2v) is 32.1. The summed E-state index contributed by atoms with van der Waals surface area (Å²) in [6.45, 7) is 48.1. The first kappa shape index (κ1) is 64.4. The molecule has 0 aliphatic heterocycles. The summed E-state index contributed by atoms with van der Waals surface area (Å²) in [6.07, 6.45) is 1.63. The summed E-state index contributed by atoms with van der Waals surface area (Å²) in [5.41, 5.74) is 13.3. The Morgan fingerprint density at radius 1 is 0.371 bits per heavy atom. The van der Waals surface area contributed by atoms with Crippen molar-refractivity contribution in [3.63, 3.8) is 0 Å². The van der Waals surface area contributed by atoms with E-state index >= 15 is 8.78 Å². The summed E-state index contributed by atoms with van der Waals surface area (Å²) in [7, 11) is 0. The highest BCUT2D eigenvalue weighted by Gasteiger charge is 2.33. The van der Waals surface area contributed by atoms with Crippen LogP contribution in [0.15, 0.2) is 121 Å². The van der Waals surface area contributed by atoms with E-state index in [2.05, 4.69) is 233 Å². The van der Waals surface area contributed by atoms with E-state index in [0.29, 0.717) is 56.3 Å². The van der Waals surface area contributed by atoms with Crippen LogP contribution in [0.1, 0.15) is 196 Å². The Hall–Kier alpha value is -7.58. The smallest absolute Gasteiger partial charge is 0.147 e. The van der Waals surface area contributed by atoms with Crippen LogP contribution in [-0.4, -0.2) is 32.6 Å². The number of halogens is 2. The lowest BCUT2D eigenvalue weighted by atomic mass is 9.71. The predicted octanol–water partition coefficient (Wildman–Crippen LogP) is 22.6. The van der Waals surface area contributed by atoms with Crippen molar-refractivity contribution in [2.75, 3.05) is 13.2 Å². The molecule has 2 heterocycles. The molecule has 6 nitrogen and oxygen atoms in total. The van der Waals surface area contributed by atoms with Crippen molar-refractivity contribution >= 4 is 43.6 Å². The maximum Gasteiger partial charge on any atom is 0.147 e. The molecule has 0 spiro atoms. The van der Waals surface area contributed by atoms with E-state index in [1.165, 1.54) is 46.5 Å². The van der Waals surface area contributed by atoms with Crippen molar-refractivity contribution in [2.45, 2.75) is 198 Å². The summed E-state index contributed by atoms with van der Waals surface area (Å²) >= 11 is 0. The fraction of sp³-hybridized carbons (Fsp3) is 0.407. The molecule has 0 bridgehead atoms. The van der Waals surface area contributed by atoms with Crippen molar-refractivity contribution in [1.29, 1.82) is 0 Å². The third-order valence-electron chi connectivity index (χ3n) is 18.7. The molecule has 0 radical (unpaired) electrons. The van der Waals surface area contributed by atoms with Gasteiger partial charge in [0.1, 0.15) is 47.8 Å². The van der Waals surface area contributed by atoms with E-state index in [9.17, 15) is 10.2 Å². The molecule has 0 saturated heterocycles. The number of phenolic OH excluding ortho intramolecular Hbond substituents is 2. The molecular formula is C81H96F2N2O4. The largest absolute Gasteiger partial charge is 0.505 e. The molecule has 8 aromatic carbocycles. The first-order valence-electron chi connectivity index (χ1n) is 32.0. The van der Waals surface area contributed by atoms with Gasteiger partial charge in [0.05, 0.1) is 33.4 Å². The van der Waals surface area contributed by atoms with Gasteiger partial charge < -0.3 is 28.8 Å². The average molecular weight is 1200 g/mol. The number of ether oxygens (including phenoxy) is 2. The lowest BCUT2D eigenvalue weighted by Crippen LogP contribution is -2.25. The first-order chi connectivity index (χ1) is 41.2. The van der Waals surface area contributed by atoms with Gasteiger partial charge in [-0.1, -0.05) is 163 Å². The molecule has 10 aromatic rings. The highest BCUT2D eigenvalue weighted by molar-refractivity contribution is 6.11. The van der Waals surface area contributed by atoms with Crippen LogP contribution in [0.3, 0.4) is 0 Å². The van der Waals surface area contributed by atoms with Crippen molar-refractivity contribution in [3.8, 4) is 56.6 Å². The van der Waals surface area contributed by atoms with E-state index < -0.39 is 17.0 Å². The van der Waals surface area contributed by atoms with Crippen molar-refractivity contribution in [1.82, 2.24) is 9.13 Å². The van der Waals surface area contributed by atoms with Gasteiger partial charge in [-0.15, -0.1) is 0 Å². The van der Waals surface area contributed by atoms with Gasteiger partial charge >= 0.3 is 0 Å². The number of aromatic hydroxyl groups is 2. The van der Waals surface area contributed by atoms with Crippen LogP contribution in [0.5, 0.6) is 23.0 Å². The van der Waals surface area contributed by atoms with Crippen molar-refractivity contribution in [3.05, 3.63) is 177 Å². The van der Waals surface area contributed by atoms with Crippen LogP contribution in [0.2, 0.25) is 0 Å². The zero-order chi connectivity index (χ0) is 65.2. The number of rotatable bonds is 13. The van der Waals surface area contributed by atoms with Crippen LogP contribution < -0.4 is 9.47 Å². The average Bonchev–Trinajstić information content (AvgIpc) is 1.64. The molecule has 0 aliphatic carbocycles. The van der Waals surface area contributed by atoms with E-state index in [0.717, 1.165) is 67.6 Å². The van der Waals surface area contributed by atoms with Gasteiger partial charge in [0.2, 0.25) is 0 Å². The molecule has 2 aromatic heterocycles. The van der Waals surface area contributed by atoms with Crippen molar-refractivity contribution < 1.29 is 28.5 Å². The zero-order valence-electron chi connectivity index (χ0n) is 57.2. The number of phenols is 2. The fourth-order valence-corrected chi connectivity index (χ4v) is 13.4. The minimum Gasteiger partial charge on any atom is -0.505 e. The maximum absolute atomic E-state index is 16.3. The Bertz CT molecular complexity index is 4270. The van der Waals surface area contributed by atoms with Gasteiger partial charge in [-0.05, 0) is 206 Å². The highest BCUT2D eigenvalue weighted by atomic mass is 19.1. The molecule has 0 amide bonds. The summed E-state index contributed by atoms with van der Waals surface area (Å²) in [4.78, 5) is 0. The minimum atomic E-state index is -0.466. The number of nitrogens with zero attached hydrogens (tertiary/aromatic N) is 2. The molecule has 89 heavy (non-hydrogen) atoms. The predicted molar refractivity (Wildman–Crippen MR) is 371 cm³/mol. The number of hydrogen-bond donors (Lipinski definition) is 2. The fourth-order valence-electron chi connectivity index (χ4n) is 13.4. The molecule has 10 rings (SSSR count). The molecule has 0 unspecified atom stereocenters. The van der Waals surface area contributed by atoms with E-state index in [4.69, 9.17) is 9.47 Å². The van der Waals surface area contributed by atoms with E-state index in [-0.39, 0.29) is 57.2 Å². The van der Waals surface area contributed by atoms with Crippen LogP contribution in [0, 0.1) is 30.9 Å². The Labute approximate surface area is 528 Å². The van der Waals surface area contributed by atoms with Gasteiger partial charge in [-0.25, -0.2) is 8.78 Å². The maximum atomic E-state index is 16.3. The molecule has 8 heteroatoms. The quantitative estimate of drug-likeness (QED) is 0.113. The molecule has 0 atom stereocenters. The third-order valence-corrected chi connectivity index (χ3v) is 18.7. The standard InChI is InChI=1S/C81H96F2N2O4/c1-23-80(19,20)53-40-61(71(86)69(42-53)84-65-28-24-49(76(7,8)9)36-57(65)58-37-50(77(10,11)12)25-29-66(58)84)63-44-55(82)34-47(2)73(63)88-32-33-89-74-48(3)35-56(83)45-64(74)62-41-54(81(21,22)46-75(4,5)6)43-70(72(62)87)85-67-30-26-51(78(13,14)15)38-59(67)60-39-52(79(16,17)18)27-31-68(60)85/h24-31,34-45,86-87H,23,32-33,46H2,1-22H3. The summed E-state index contributed by atoms with van der Waals surface area (Å²) in [6, 6.07) is 40.6. The molecular weight excluding hydrogens is 1100 g/mol. The van der Waals surface area contributed by atoms with E-state index in [1.807, 2.05) is 26.0 Å². The van der Waals surface area contributed by atoms with Gasteiger partial charge in [-0.2, -0.15) is 0 Å². The number of fused-ring (bicyclic) bond motifs is 6. The lowest BCUT2D eigenvalue weighted by molar-refractivity contribution is 0.216. The Morgan fingerprint density at radius 3 is 0.955 bits per heavy atom. The molecule has 0 aliphatic rings. The highest BCUT2D eigenvalue weighted by Crippen LogP contribution is 2.51. The lowest BCUT2D eigenvalue weighted by Gasteiger charge is -2.34. The van der Waals surface area contributed by atoms with Crippen LogP contribution >= 0.6 is 0 Å². The van der Waals surface area contributed by atoms with Gasteiger partial charge in [0.15, 0.2) is 0 Å². The van der Waals surface area contributed by atoms with Crippen LogP contribution in [0.25, 0.3) is 77.2 Å². The summed E-state index contributed by atoms with van der Waals surface area (Å²) in [5, 5.41) is 30.5. The zero-order valence-corrected chi connectivity index (χ0v) is 57.2. The number of hydrogen-bond acceptors (Lipinski definition) is 4. The van der Waals surface area contributed by atoms with Gasteiger partial charge in [-0.3, -0.25) is 0 Å². The summed E-state index contributed by atoms with van der Waals surface area (Å²) in [5.74, 6) is -0.141. The topological polar surface area (TPSA) is 68.8 Å². The summed E-state index contributed by atoms with van der Waals surface area (Å²) < 4.78 is 50.3. The van der Waals surface area contributed by atoms with Crippen molar-refractivity contribution in [2.24, 2.45) is 5.41 Å². The van der Waals surface area contributed by atoms with Gasteiger partial charge in [0, 0.05) is 43.8 Å². The second-order valence-electron chi connectivity index (χ2n) is 32.1. The Kier molecular flexibility index (Phi) is 16.2. The van der Waals surface area contributed by atoms with Gasteiger partial charge in [0.25, 0.3) is 0 Å². The molecule has 0 fully saturated rings.